The van der Waals surface area contributed by atoms with Gasteiger partial charge in [-0.3, -0.25) is 0 Å². The van der Waals surface area contributed by atoms with Crippen molar-refractivity contribution in [3.8, 4) is 0 Å². The van der Waals surface area contributed by atoms with E-state index in [9.17, 15) is 4.21 Å². The highest BCUT2D eigenvalue weighted by Crippen LogP contribution is 2.11. The highest BCUT2D eigenvalue weighted by molar-refractivity contribution is 7.85. The van der Waals surface area contributed by atoms with Crippen molar-refractivity contribution in [2.45, 2.75) is 25.5 Å². The first-order valence-electron chi connectivity index (χ1n) is 4.92. The molecule has 0 aliphatic heterocycles. The Balaban J connectivity index is 2.74. The van der Waals surface area contributed by atoms with E-state index in [4.69, 9.17) is 1.37 Å². The number of nitrogens with zero attached hydrogens (tertiary/aromatic N) is 1. The van der Waals surface area contributed by atoms with Gasteiger partial charge in [0.2, 0.25) is 0 Å². The van der Waals surface area contributed by atoms with E-state index >= 15 is 0 Å². The minimum absolute atomic E-state index is 0.328. The summed E-state index contributed by atoms with van der Waals surface area (Å²) in [6, 6.07) is 7.39. The van der Waals surface area contributed by atoms with Crippen LogP contribution in [0.25, 0.3) is 0 Å². The molecular formula is C11H15NOS. The summed E-state index contributed by atoms with van der Waals surface area (Å²) in [6.45, 7) is 5.65. The standard InChI is InChI=1S/C11H15NOS/c1-11(2,3)14(13)12-9-10-7-5-4-6-8-10/h4-9H,1-3H3/t14-/m1/s1/i4D. The monoisotopic (exact) mass is 210 g/mol. The Morgan fingerprint density at radius 3 is 2.50 bits per heavy atom. The summed E-state index contributed by atoms with van der Waals surface area (Å²) in [5.74, 6) is 0. The lowest BCUT2D eigenvalue weighted by Crippen LogP contribution is -2.19. The summed E-state index contributed by atoms with van der Waals surface area (Å²) >= 11 is 0. The molecule has 14 heavy (non-hydrogen) atoms. The molecule has 1 rings (SSSR count). The Bertz CT molecular complexity index is 379. The molecule has 1 aromatic carbocycles. The molecule has 0 aliphatic carbocycles. The van der Waals surface area contributed by atoms with Crippen LogP contribution in [0.15, 0.2) is 34.7 Å². The zero-order chi connectivity index (χ0) is 11.5. The SMILES string of the molecule is [2H]c1ccc(C=N[S@](=O)C(C)(C)C)cc1. The van der Waals surface area contributed by atoms with E-state index in [0.717, 1.165) is 5.56 Å². The fourth-order valence-corrected chi connectivity index (χ4v) is 1.29. The van der Waals surface area contributed by atoms with Gasteiger partial charge in [-0.15, -0.1) is 0 Å². The summed E-state index contributed by atoms with van der Waals surface area (Å²) in [7, 11) is -1.22. The van der Waals surface area contributed by atoms with Gasteiger partial charge >= 0.3 is 0 Å². The van der Waals surface area contributed by atoms with Crippen molar-refractivity contribution in [3.05, 3.63) is 35.9 Å². The van der Waals surface area contributed by atoms with Crippen molar-refractivity contribution in [2.24, 2.45) is 4.40 Å². The maximum Gasteiger partial charge on any atom is 0.144 e. The Labute approximate surface area is 89.1 Å². The predicted octanol–water partition coefficient (Wildman–Crippen LogP) is 2.57. The first kappa shape index (κ1) is 9.59. The molecule has 2 nitrogen and oxygen atoms in total. The van der Waals surface area contributed by atoms with Crippen molar-refractivity contribution in [1.82, 2.24) is 0 Å². The normalized spacial score (nSPS) is 15.5. The van der Waals surface area contributed by atoms with Crippen molar-refractivity contribution < 1.29 is 5.58 Å². The van der Waals surface area contributed by atoms with Crippen LogP contribution < -0.4 is 0 Å². The van der Waals surface area contributed by atoms with E-state index in [2.05, 4.69) is 4.40 Å². The smallest absolute Gasteiger partial charge is 0.144 e. The minimum Gasteiger partial charge on any atom is -0.234 e. The molecule has 76 valence electrons. The van der Waals surface area contributed by atoms with Crippen molar-refractivity contribution >= 4 is 17.2 Å². The lowest BCUT2D eigenvalue weighted by atomic mass is 10.2. The summed E-state index contributed by atoms with van der Waals surface area (Å²) in [5, 5.41) is 0. The van der Waals surface area contributed by atoms with Crippen LogP contribution in [0.2, 0.25) is 0 Å². The van der Waals surface area contributed by atoms with Gasteiger partial charge in [0, 0.05) is 6.21 Å². The topological polar surface area (TPSA) is 29.4 Å². The second-order valence-electron chi connectivity index (χ2n) is 3.93. The van der Waals surface area contributed by atoms with E-state index in [1.54, 1.807) is 30.5 Å². The fourth-order valence-electron chi connectivity index (χ4n) is 0.753. The van der Waals surface area contributed by atoms with Crippen LogP contribution >= 0.6 is 0 Å². The van der Waals surface area contributed by atoms with E-state index < -0.39 is 11.0 Å². The average Bonchev–Trinajstić information content (AvgIpc) is 2.15. The van der Waals surface area contributed by atoms with Gasteiger partial charge in [0.1, 0.15) is 11.0 Å². The third kappa shape index (κ3) is 3.42. The highest BCUT2D eigenvalue weighted by Gasteiger charge is 2.17. The third-order valence-electron chi connectivity index (χ3n) is 1.57. The molecular weight excluding hydrogens is 194 g/mol. The van der Waals surface area contributed by atoms with Gasteiger partial charge in [-0.25, -0.2) is 4.21 Å². The van der Waals surface area contributed by atoms with Crippen LogP contribution in [0, 0.1) is 0 Å². The first-order chi connectivity index (χ1) is 6.89. The number of hydrogen-bond donors (Lipinski definition) is 0. The molecule has 0 fully saturated rings. The second kappa shape index (κ2) is 4.51. The summed E-state index contributed by atoms with van der Waals surface area (Å²) < 4.78 is 22.5. The molecule has 0 aromatic heterocycles. The van der Waals surface area contributed by atoms with E-state index in [1.807, 2.05) is 20.8 Å². The summed E-state index contributed by atoms with van der Waals surface area (Å²) in [6.07, 6.45) is 1.58. The first-order valence-corrected chi connectivity index (χ1v) is 5.53. The van der Waals surface area contributed by atoms with Crippen LogP contribution in [0.5, 0.6) is 0 Å². The van der Waals surface area contributed by atoms with Crippen LogP contribution in [0.4, 0.5) is 0 Å². The second-order valence-corrected chi connectivity index (χ2v) is 5.86. The van der Waals surface area contributed by atoms with E-state index in [1.165, 1.54) is 0 Å². The summed E-state index contributed by atoms with van der Waals surface area (Å²) in [5.41, 5.74) is 0.864. The molecule has 1 atom stereocenters. The molecule has 0 bridgehead atoms. The molecule has 0 aliphatic rings. The number of benzene rings is 1. The minimum atomic E-state index is -1.22. The van der Waals surface area contributed by atoms with Crippen molar-refractivity contribution in [1.29, 1.82) is 0 Å². The molecule has 0 N–H and O–H groups in total. The van der Waals surface area contributed by atoms with Gasteiger partial charge < -0.3 is 0 Å². The molecule has 1 aromatic rings. The van der Waals surface area contributed by atoms with Crippen molar-refractivity contribution in [3.63, 3.8) is 0 Å². The van der Waals surface area contributed by atoms with Gasteiger partial charge in [-0.05, 0) is 26.3 Å². The molecule has 0 radical (unpaired) electrons. The lowest BCUT2D eigenvalue weighted by Gasteiger charge is -2.12. The Kier molecular flexibility index (Phi) is 3.09. The van der Waals surface area contributed by atoms with Gasteiger partial charge in [-0.2, -0.15) is 4.40 Å². The van der Waals surface area contributed by atoms with Crippen LogP contribution in [-0.4, -0.2) is 15.2 Å². The van der Waals surface area contributed by atoms with Gasteiger partial charge in [0.15, 0.2) is 0 Å². The fraction of sp³-hybridized carbons (Fsp3) is 0.364. The Morgan fingerprint density at radius 2 is 2.00 bits per heavy atom. The quantitative estimate of drug-likeness (QED) is 0.690. The van der Waals surface area contributed by atoms with Gasteiger partial charge in [0.25, 0.3) is 0 Å². The molecule has 0 saturated heterocycles. The van der Waals surface area contributed by atoms with Gasteiger partial charge in [-0.1, -0.05) is 30.3 Å². The Morgan fingerprint density at radius 1 is 1.43 bits per heavy atom. The maximum atomic E-state index is 11.6. The molecule has 0 amide bonds. The predicted molar refractivity (Wildman–Crippen MR) is 61.9 cm³/mol. The molecule has 0 unspecified atom stereocenters. The Hall–Kier alpha value is -0.960. The molecule has 0 saturated carbocycles. The average molecular weight is 210 g/mol. The van der Waals surface area contributed by atoms with Crippen molar-refractivity contribution in [2.75, 3.05) is 0 Å². The molecule has 0 heterocycles. The maximum absolute atomic E-state index is 11.6. The van der Waals surface area contributed by atoms with Crippen LogP contribution in [-0.2, 0) is 11.0 Å². The zero-order valence-corrected chi connectivity index (χ0v) is 9.47. The largest absolute Gasteiger partial charge is 0.234 e. The lowest BCUT2D eigenvalue weighted by molar-refractivity contribution is 0.651. The highest BCUT2D eigenvalue weighted by atomic mass is 32.2. The number of rotatable bonds is 2. The van der Waals surface area contributed by atoms with Gasteiger partial charge in [0.05, 0.1) is 6.12 Å². The van der Waals surface area contributed by atoms with Crippen LogP contribution in [0.1, 0.15) is 27.7 Å². The number of hydrogen-bond acceptors (Lipinski definition) is 1. The van der Waals surface area contributed by atoms with E-state index in [-0.39, 0.29) is 4.75 Å². The van der Waals surface area contributed by atoms with E-state index in [0.29, 0.717) is 6.04 Å². The molecule has 3 heteroatoms. The molecule has 0 spiro atoms. The van der Waals surface area contributed by atoms with Crippen LogP contribution in [0.3, 0.4) is 0 Å². The summed E-state index contributed by atoms with van der Waals surface area (Å²) in [4.78, 5) is 0. The zero-order valence-electron chi connectivity index (χ0n) is 9.65. The third-order valence-corrected chi connectivity index (χ3v) is 2.91.